The number of hydrogen-bond donors (Lipinski definition) is 1. The molecule has 1 aromatic carbocycles. The van der Waals surface area contributed by atoms with Gasteiger partial charge in [-0.3, -0.25) is 14.8 Å². The summed E-state index contributed by atoms with van der Waals surface area (Å²) in [5.74, 6) is -0.428. The molecule has 1 N–H and O–H groups in total. The summed E-state index contributed by atoms with van der Waals surface area (Å²) in [5.41, 5.74) is 0.743. The zero-order chi connectivity index (χ0) is 18.4. The minimum absolute atomic E-state index is 0.0850. The van der Waals surface area contributed by atoms with Gasteiger partial charge in [-0.25, -0.2) is 8.42 Å². The van der Waals surface area contributed by atoms with E-state index in [2.05, 4.69) is 15.3 Å². The number of amides is 1. The van der Waals surface area contributed by atoms with Gasteiger partial charge in [-0.1, -0.05) is 30.3 Å². The Morgan fingerprint density at radius 1 is 0.962 bits per heavy atom. The summed E-state index contributed by atoms with van der Waals surface area (Å²) >= 11 is 0. The van der Waals surface area contributed by atoms with Gasteiger partial charge < -0.3 is 5.32 Å². The van der Waals surface area contributed by atoms with Crippen LogP contribution in [0.5, 0.6) is 0 Å². The van der Waals surface area contributed by atoms with E-state index in [0.717, 1.165) is 0 Å². The smallest absolute Gasteiger partial charge is 0.269 e. The molecule has 0 saturated heterocycles. The van der Waals surface area contributed by atoms with Crippen molar-refractivity contribution in [2.75, 3.05) is 6.54 Å². The maximum atomic E-state index is 13.1. The SMILES string of the molecule is O=C(NCC(c1cccnc1)S(=O)(=O)c1ccccc1)c1ccccn1. The number of sulfone groups is 1. The fourth-order valence-electron chi connectivity index (χ4n) is 2.52. The topological polar surface area (TPSA) is 89.0 Å². The lowest BCUT2D eigenvalue weighted by atomic mass is 10.2. The number of rotatable bonds is 6. The molecule has 0 aliphatic heterocycles. The maximum Gasteiger partial charge on any atom is 0.269 e. The maximum absolute atomic E-state index is 13.1. The molecule has 6 nitrogen and oxygen atoms in total. The summed E-state index contributed by atoms with van der Waals surface area (Å²) in [7, 11) is -3.71. The number of carbonyl (C=O) groups excluding carboxylic acids is 1. The second kappa shape index (κ2) is 7.88. The molecule has 0 aliphatic rings. The van der Waals surface area contributed by atoms with Crippen molar-refractivity contribution in [2.45, 2.75) is 10.1 Å². The van der Waals surface area contributed by atoms with Crippen molar-refractivity contribution in [3.63, 3.8) is 0 Å². The third-order valence-electron chi connectivity index (χ3n) is 3.85. The van der Waals surface area contributed by atoms with Gasteiger partial charge in [-0.2, -0.15) is 0 Å². The van der Waals surface area contributed by atoms with E-state index in [9.17, 15) is 13.2 Å². The molecule has 2 heterocycles. The molecule has 3 aromatic rings. The fraction of sp³-hybridized carbons (Fsp3) is 0.105. The van der Waals surface area contributed by atoms with Gasteiger partial charge in [0.1, 0.15) is 10.9 Å². The Hall–Kier alpha value is -3.06. The molecule has 1 unspecified atom stereocenters. The van der Waals surface area contributed by atoms with Crippen LogP contribution in [0.1, 0.15) is 21.3 Å². The van der Waals surface area contributed by atoms with Crippen LogP contribution in [0.2, 0.25) is 0 Å². The first-order valence-electron chi connectivity index (χ1n) is 7.97. The first-order valence-corrected chi connectivity index (χ1v) is 9.52. The zero-order valence-electron chi connectivity index (χ0n) is 13.8. The summed E-state index contributed by atoms with van der Waals surface area (Å²) in [6, 6.07) is 16.5. The third-order valence-corrected chi connectivity index (χ3v) is 5.97. The first-order chi connectivity index (χ1) is 12.6. The molecule has 2 aromatic heterocycles. The van der Waals surface area contributed by atoms with Crippen molar-refractivity contribution in [3.05, 3.63) is 90.5 Å². The number of aromatic nitrogens is 2. The van der Waals surface area contributed by atoms with Crippen molar-refractivity contribution in [3.8, 4) is 0 Å². The first kappa shape index (κ1) is 17.8. The Morgan fingerprint density at radius 3 is 2.38 bits per heavy atom. The van der Waals surface area contributed by atoms with Gasteiger partial charge in [-0.15, -0.1) is 0 Å². The number of pyridine rings is 2. The largest absolute Gasteiger partial charge is 0.349 e. The quantitative estimate of drug-likeness (QED) is 0.723. The van der Waals surface area contributed by atoms with E-state index in [1.807, 2.05) is 0 Å². The minimum Gasteiger partial charge on any atom is -0.349 e. The molecular weight excluding hydrogens is 350 g/mol. The number of carbonyl (C=O) groups is 1. The summed E-state index contributed by atoms with van der Waals surface area (Å²) in [6.45, 7) is -0.0850. The zero-order valence-corrected chi connectivity index (χ0v) is 14.6. The van der Waals surface area contributed by atoms with Gasteiger partial charge in [0.15, 0.2) is 9.84 Å². The van der Waals surface area contributed by atoms with E-state index >= 15 is 0 Å². The van der Waals surface area contributed by atoms with Crippen LogP contribution in [0.4, 0.5) is 0 Å². The number of benzene rings is 1. The highest BCUT2D eigenvalue weighted by atomic mass is 32.2. The van der Waals surface area contributed by atoms with Crippen LogP contribution in [0.15, 0.2) is 84.1 Å². The van der Waals surface area contributed by atoms with Crippen LogP contribution in [0.3, 0.4) is 0 Å². The predicted octanol–water partition coefficient (Wildman–Crippen LogP) is 2.42. The van der Waals surface area contributed by atoms with Crippen LogP contribution in [-0.2, 0) is 9.84 Å². The molecule has 0 spiro atoms. The van der Waals surface area contributed by atoms with E-state index in [0.29, 0.717) is 5.56 Å². The lowest BCUT2D eigenvalue weighted by molar-refractivity contribution is 0.0948. The van der Waals surface area contributed by atoms with Gasteiger partial charge >= 0.3 is 0 Å². The molecule has 0 fully saturated rings. The molecule has 26 heavy (non-hydrogen) atoms. The van der Waals surface area contributed by atoms with E-state index in [1.165, 1.54) is 12.4 Å². The van der Waals surface area contributed by atoms with E-state index in [4.69, 9.17) is 0 Å². The highest BCUT2D eigenvalue weighted by molar-refractivity contribution is 7.91. The van der Waals surface area contributed by atoms with Crippen molar-refractivity contribution in [2.24, 2.45) is 0 Å². The molecular formula is C19H17N3O3S. The predicted molar refractivity (Wildman–Crippen MR) is 97.2 cm³/mol. The Morgan fingerprint density at radius 2 is 1.73 bits per heavy atom. The molecule has 132 valence electrons. The average Bonchev–Trinajstić information content (AvgIpc) is 2.70. The summed E-state index contributed by atoms with van der Waals surface area (Å²) < 4.78 is 26.2. The lowest BCUT2D eigenvalue weighted by Gasteiger charge is -2.18. The Balaban J connectivity index is 1.89. The molecule has 3 rings (SSSR count). The van der Waals surface area contributed by atoms with Crippen molar-refractivity contribution >= 4 is 15.7 Å². The Kier molecular flexibility index (Phi) is 5.38. The number of nitrogens with one attached hydrogen (secondary N) is 1. The Bertz CT molecular complexity index is 963. The van der Waals surface area contributed by atoms with Crippen molar-refractivity contribution in [1.29, 1.82) is 0 Å². The monoisotopic (exact) mass is 367 g/mol. The summed E-state index contributed by atoms with van der Waals surface area (Å²) in [6.07, 6.45) is 4.58. The van der Waals surface area contributed by atoms with Crippen LogP contribution in [0, 0.1) is 0 Å². The average molecular weight is 367 g/mol. The molecule has 0 radical (unpaired) electrons. The van der Waals surface area contributed by atoms with Crippen molar-refractivity contribution in [1.82, 2.24) is 15.3 Å². The summed E-state index contributed by atoms with van der Waals surface area (Å²) in [5, 5.41) is 1.71. The van der Waals surface area contributed by atoms with E-state index in [1.54, 1.807) is 66.9 Å². The van der Waals surface area contributed by atoms with Crippen LogP contribution < -0.4 is 5.32 Å². The van der Waals surface area contributed by atoms with Crippen LogP contribution in [-0.4, -0.2) is 30.8 Å². The second-order valence-electron chi connectivity index (χ2n) is 5.56. The highest BCUT2D eigenvalue weighted by Crippen LogP contribution is 2.27. The van der Waals surface area contributed by atoms with E-state index < -0.39 is 21.0 Å². The van der Waals surface area contributed by atoms with Gasteiger partial charge in [0, 0.05) is 25.1 Å². The fourth-order valence-corrected chi connectivity index (χ4v) is 4.19. The molecule has 0 aliphatic carbocycles. The molecule has 1 amide bonds. The normalized spacial score (nSPS) is 12.3. The van der Waals surface area contributed by atoms with Gasteiger partial charge in [0.25, 0.3) is 5.91 Å². The van der Waals surface area contributed by atoms with Crippen LogP contribution in [0.25, 0.3) is 0 Å². The van der Waals surface area contributed by atoms with Gasteiger partial charge in [-0.05, 0) is 35.9 Å². The second-order valence-corrected chi connectivity index (χ2v) is 7.69. The van der Waals surface area contributed by atoms with E-state index in [-0.39, 0.29) is 17.1 Å². The van der Waals surface area contributed by atoms with Crippen LogP contribution >= 0.6 is 0 Å². The van der Waals surface area contributed by atoms with Crippen molar-refractivity contribution < 1.29 is 13.2 Å². The Labute approximate surface area is 151 Å². The molecule has 1 atom stereocenters. The highest BCUT2D eigenvalue weighted by Gasteiger charge is 2.29. The molecule has 7 heteroatoms. The summed E-state index contributed by atoms with van der Waals surface area (Å²) in [4.78, 5) is 20.4. The lowest BCUT2D eigenvalue weighted by Crippen LogP contribution is -2.32. The molecule has 0 saturated carbocycles. The van der Waals surface area contributed by atoms with Gasteiger partial charge in [0.2, 0.25) is 0 Å². The number of nitrogens with zero attached hydrogens (tertiary/aromatic N) is 2. The minimum atomic E-state index is -3.71. The number of hydrogen-bond acceptors (Lipinski definition) is 5. The third kappa shape index (κ3) is 3.94. The standard InChI is InChI=1S/C19H17N3O3S/c23-19(17-10-4-5-12-21-17)22-14-18(15-7-6-11-20-13-15)26(24,25)16-8-2-1-3-9-16/h1-13,18H,14H2,(H,22,23). The molecule has 0 bridgehead atoms. The van der Waals surface area contributed by atoms with Gasteiger partial charge in [0.05, 0.1) is 4.90 Å².